The number of benzene rings is 1. The number of aryl methyl sites for hydroxylation is 1. The summed E-state index contributed by atoms with van der Waals surface area (Å²) in [6.07, 6.45) is -0.554. The van der Waals surface area contributed by atoms with E-state index in [4.69, 9.17) is 9.47 Å². The zero-order valence-corrected chi connectivity index (χ0v) is 20.2. The summed E-state index contributed by atoms with van der Waals surface area (Å²) in [5, 5.41) is 15.3. The molecule has 3 rings (SSSR count). The molecule has 11 heteroatoms. The predicted molar refractivity (Wildman–Crippen MR) is 127 cm³/mol. The highest BCUT2D eigenvalue weighted by Crippen LogP contribution is 2.27. The zero-order valence-electron chi connectivity index (χ0n) is 20.2. The Morgan fingerprint density at radius 2 is 1.94 bits per heavy atom. The lowest BCUT2D eigenvalue weighted by atomic mass is 10.0. The molecule has 2 aromatic rings. The number of amides is 2. The fraction of sp³-hybridized carbons (Fsp3) is 0.500. The predicted octanol–water partition coefficient (Wildman–Crippen LogP) is 0.746. The molecule has 4 N–H and O–H groups in total. The molecule has 1 fully saturated rings. The van der Waals surface area contributed by atoms with E-state index in [2.05, 4.69) is 15.6 Å². The number of carbonyl (C=O) groups is 2. The normalized spacial score (nSPS) is 20.8. The van der Waals surface area contributed by atoms with Crippen molar-refractivity contribution in [3.05, 3.63) is 68.5 Å². The number of nitrogens with zero attached hydrogens (tertiary/aromatic N) is 1. The molecule has 1 aliphatic rings. The van der Waals surface area contributed by atoms with E-state index < -0.39 is 59.9 Å². The van der Waals surface area contributed by atoms with Gasteiger partial charge in [0.1, 0.15) is 24.0 Å². The van der Waals surface area contributed by atoms with Crippen LogP contribution in [0.3, 0.4) is 0 Å². The molecule has 2 amide bonds. The molecular formula is C24H32N4O7. The minimum atomic E-state index is -0.955. The number of alkyl carbamates (subject to hydrolysis) is 1. The number of aliphatic hydroxyl groups is 1. The minimum absolute atomic E-state index is 0.173. The number of hydrogen-bond acceptors (Lipinski definition) is 7. The molecule has 1 aromatic carbocycles. The van der Waals surface area contributed by atoms with Crippen LogP contribution in [0.25, 0.3) is 0 Å². The Kier molecular flexibility index (Phi) is 8.13. The largest absolute Gasteiger partial charge is 0.444 e. The summed E-state index contributed by atoms with van der Waals surface area (Å²) >= 11 is 0. The Hall–Kier alpha value is -3.44. The zero-order chi connectivity index (χ0) is 25.8. The lowest BCUT2D eigenvalue weighted by Gasteiger charge is -2.25. The molecular weight excluding hydrogens is 456 g/mol. The van der Waals surface area contributed by atoms with Crippen molar-refractivity contribution < 1.29 is 24.2 Å². The lowest BCUT2D eigenvalue weighted by molar-refractivity contribution is -0.124. The van der Waals surface area contributed by atoms with Gasteiger partial charge in [0, 0.05) is 24.6 Å². The van der Waals surface area contributed by atoms with Crippen molar-refractivity contribution in [1.82, 2.24) is 20.2 Å². The van der Waals surface area contributed by atoms with Gasteiger partial charge in [0.15, 0.2) is 0 Å². The first kappa shape index (κ1) is 26.2. The third kappa shape index (κ3) is 7.03. The molecule has 35 heavy (non-hydrogen) atoms. The van der Waals surface area contributed by atoms with E-state index in [1.165, 1.54) is 10.8 Å². The van der Waals surface area contributed by atoms with Crippen molar-refractivity contribution in [3.8, 4) is 0 Å². The summed E-state index contributed by atoms with van der Waals surface area (Å²) in [6, 6.07) is 7.60. The average Bonchev–Trinajstić information content (AvgIpc) is 3.17. The molecule has 0 aliphatic carbocycles. The Bertz CT molecular complexity index is 1150. The highest BCUT2D eigenvalue weighted by molar-refractivity contribution is 5.86. The summed E-state index contributed by atoms with van der Waals surface area (Å²) < 4.78 is 12.3. The molecule has 1 saturated heterocycles. The van der Waals surface area contributed by atoms with Gasteiger partial charge >= 0.3 is 11.8 Å². The number of aromatic amines is 1. The SMILES string of the molecule is Cc1cn([C@@H]2C[C@@H](NC(=O)[C@H](Cc3ccccc3)NC(=O)OC(C)(C)C)[C@H](CO)O2)c(=O)[nH]c1=O. The lowest BCUT2D eigenvalue weighted by Crippen LogP contribution is -2.53. The quantitative estimate of drug-likeness (QED) is 0.449. The summed E-state index contributed by atoms with van der Waals surface area (Å²) in [5.74, 6) is -0.489. The van der Waals surface area contributed by atoms with Crippen LogP contribution in [-0.4, -0.2) is 57.1 Å². The summed E-state index contributed by atoms with van der Waals surface area (Å²) in [7, 11) is 0. The first-order chi connectivity index (χ1) is 16.5. The number of nitrogens with one attached hydrogen (secondary N) is 3. The molecule has 190 valence electrons. The van der Waals surface area contributed by atoms with E-state index in [0.29, 0.717) is 5.56 Å². The number of aliphatic hydroxyl groups excluding tert-OH is 1. The molecule has 11 nitrogen and oxygen atoms in total. The molecule has 0 spiro atoms. The molecule has 0 radical (unpaired) electrons. The van der Waals surface area contributed by atoms with Gasteiger partial charge in [0.2, 0.25) is 5.91 Å². The van der Waals surface area contributed by atoms with Crippen molar-refractivity contribution in [2.24, 2.45) is 0 Å². The Balaban J connectivity index is 1.77. The molecule has 4 atom stereocenters. The second-order valence-electron chi connectivity index (χ2n) is 9.53. The maximum atomic E-state index is 13.2. The number of rotatable bonds is 7. The maximum absolute atomic E-state index is 13.2. The second-order valence-corrected chi connectivity index (χ2v) is 9.53. The number of H-pyrrole nitrogens is 1. The molecule has 0 unspecified atom stereocenters. The van der Waals surface area contributed by atoms with Gasteiger partial charge in [-0.25, -0.2) is 9.59 Å². The van der Waals surface area contributed by atoms with Gasteiger partial charge in [-0.1, -0.05) is 30.3 Å². The van der Waals surface area contributed by atoms with E-state index >= 15 is 0 Å². The van der Waals surface area contributed by atoms with Crippen LogP contribution in [0.5, 0.6) is 0 Å². The molecule has 0 bridgehead atoms. The average molecular weight is 489 g/mol. The van der Waals surface area contributed by atoms with Crippen molar-refractivity contribution in [3.63, 3.8) is 0 Å². The number of hydrogen-bond donors (Lipinski definition) is 4. The molecule has 1 aliphatic heterocycles. The van der Waals surface area contributed by atoms with Crippen LogP contribution in [0.2, 0.25) is 0 Å². The van der Waals surface area contributed by atoms with E-state index in [1.54, 1.807) is 27.7 Å². The topological polar surface area (TPSA) is 152 Å². The van der Waals surface area contributed by atoms with Crippen molar-refractivity contribution in [1.29, 1.82) is 0 Å². The van der Waals surface area contributed by atoms with Gasteiger partial charge < -0.3 is 25.2 Å². The first-order valence-corrected chi connectivity index (χ1v) is 11.4. The fourth-order valence-electron chi connectivity index (χ4n) is 3.81. The van der Waals surface area contributed by atoms with Crippen molar-refractivity contribution in [2.75, 3.05) is 6.61 Å². The Labute approximate surface area is 202 Å². The summed E-state index contributed by atoms with van der Waals surface area (Å²) in [5.41, 5.74) is -0.731. The highest BCUT2D eigenvalue weighted by Gasteiger charge is 2.38. The highest BCUT2D eigenvalue weighted by atomic mass is 16.6. The van der Waals surface area contributed by atoms with Crippen LogP contribution in [0.15, 0.2) is 46.1 Å². The van der Waals surface area contributed by atoms with Gasteiger partial charge in [0.05, 0.1) is 12.6 Å². The summed E-state index contributed by atoms with van der Waals surface area (Å²) in [6.45, 7) is 6.33. The van der Waals surface area contributed by atoms with Gasteiger partial charge in [-0.05, 0) is 33.3 Å². The van der Waals surface area contributed by atoms with Crippen molar-refractivity contribution in [2.45, 2.75) is 70.6 Å². The first-order valence-electron chi connectivity index (χ1n) is 11.4. The Morgan fingerprint density at radius 1 is 1.26 bits per heavy atom. The van der Waals surface area contributed by atoms with Gasteiger partial charge in [-0.15, -0.1) is 0 Å². The third-order valence-electron chi connectivity index (χ3n) is 5.49. The third-order valence-corrected chi connectivity index (χ3v) is 5.49. The van der Waals surface area contributed by atoms with Crippen LogP contribution in [0, 0.1) is 6.92 Å². The second kappa shape index (κ2) is 10.9. The van der Waals surface area contributed by atoms with Gasteiger partial charge in [-0.2, -0.15) is 0 Å². The number of aromatic nitrogens is 2. The minimum Gasteiger partial charge on any atom is -0.444 e. The van der Waals surface area contributed by atoms with E-state index in [0.717, 1.165) is 5.56 Å². The monoisotopic (exact) mass is 488 g/mol. The van der Waals surface area contributed by atoms with Crippen LogP contribution in [0.4, 0.5) is 4.79 Å². The standard InChI is InChI=1S/C24H32N4O7/c1-14-12-28(22(32)27-20(14)30)19-11-16(18(13-29)34-19)25-21(31)17(10-15-8-6-5-7-9-15)26-23(33)35-24(2,3)4/h5-9,12,16-19,29H,10-11,13H2,1-4H3,(H,25,31)(H,26,33)(H,27,30,32)/t16-,17+,18+,19+/m1/s1. The molecule has 1 aromatic heterocycles. The van der Waals surface area contributed by atoms with Gasteiger partial charge in [-0.3, -0.25) is 19.1 Å². The van der Waals surface area contributed by atoms with Crippen molar-refractivity contribution >= 4 is 12.0 Å². The Morgan fingerprint density at radius 3 is 2.57 bits per heavy atom. The van der Waals surface area contributed by atoms with Gasteiger partial charge in [0.25, 0.3) is 5.56 Å². The molecule has 2 heterocycles. The fourth-order valence-corrected chi connectivity index (χ4v) is 3.81. The van der Waals surface area contributed by atoms with E-state index in [9.17, 15) is 24.3 Å². The molecule has 0 saturated carbocycles. The summed E-state index contributed by atoms with van der Waals surface area (Å²) in [4.78, 5) is 51.8. The van der Waals surface area contributed by atoms with Crippen LogP contribution < -0.4 is 21.9 Å². The number of ether oxygens (including phenoxy) is 2. The van der Waals surface area contributed by atoms with Crippen LogP contribution in [-0.2, 0) is 20.7 Å². The maximum Gasteiger partial charge on any atom is 0.408 e. The van der Waals surface area contributed by atoms with Crippen LogP contribution >= 0.6 is 0 Å². The smallest absolute Gasteiger partial charge is 0.408 e. The van der Waals surface area contributed by atoms with E-state index in [1.807, 2.05) is 30.3 Å². The van der Waals surface area contributed by atoms with Crippen LogP contribution in [0.1, 0.15) is 44.5 Å². The van der Waals surface area contributed by atoms with E-state index in [-0.39, 0.29) is 12.8 Å². The number of carbonyl (C=O) groups excluding carboxylic acids is 2.